The number of hydrogen-bond acceptors (Lipinski definition) is 2. The highest BCUT2D eigenvalue weighted by Gasteiger charge is 2.28. The molecule has 0 aromatic heterocycles. The van der Waals surface area contributed by atoms with Gasteiger partial charge in [-0.05, 0) is 31.6 Å². The Morgan fingerprint density at radius 2 is 1.86 bits per heavy atom. The lowest BCUT2D eigenvalue weighted by Gasteiger charge is -2.35. The Morgan fingerprint density at radius 3 is 2.21 bits per heavy atom. The van der Waals surface area contributed by atoms with Crippen molar-refractivity contribution in [2.24, 2.45) is 16.9 Å². The van der Waals surface area contributed by atoms with Gasteiger partial charge in [0.25, 0.3) is 0 Å². The SMILES string of the molecule is CC/C=N\NC(C)(CC(C)C)C(C)C. The number of nitrogens with one attached hydrogen (secondary N) is 1. The van der Waals surface area contributed by atoms with E-state index in [1.807, 2.05) is 6.21 Å². The second-order valence-electron chi connectivity index (χ2n) is 5.00. The van der Waals surface area contributed by atoms with Crippen LogP contribution in [0.15, 0.2) is 5.10 Å². The first-order chi connectivity index (χ1) is 6.42. The van der Waals surface area contributed by atoms with Crippen molar-refractivity contribution in [3.8, 4) is 0 Å². The molecule has 0 aliphatic carbocycles. The molecule has 0 spiro atoms. The van der Waals surface area contributed by atoms with Gasteiger partial charge >= 0.3 is 0 Å². The molecule has 1 atom stereocenters. The Hall–Kier alpha value is -0.530. The van der Waals surface area contributed by atoms with Gasteiger partial charge in [-0.15, -0.1) is 0 Å². The molecule has 14 heavy (non-hydrogen) atoms. The van der Waals surface area contributed by atoms with Crippen LogP contribution in [0.4, 0.5) is 0 Å². The molecular formula is C12H26N2. The van der Waals surface area contributed by atoms with Crippen molar-refractivity contribution in [1.29, 1.82) is 0 Å². The summed E-state index contributed by atoms with van der Waals surface area (Å²) >= 11 is 0. The van der Waals surface area contributed by atoms with E-state index in [1.165, 1.54) is 0 Å². The van der Waals surface area contributed by atoms with Crippen molar-refractivity contribution in [1.82, 2.24) is 5.43 Å². The van der Waals surface area contributed by atoms with Crippen LogP contribution in [0.5, 0.6) is 0 Å². The average molecular weight is 198 g/mol. The summed E-state index contributed by atoms with van der Waals surface area (Å²) in [6.07, 6.45) is 4.08. The second-order valence-corrected chi connectivity index (χ2v) is 5.00. The van der Waals surface area contributed by atoms with Gasteiger partial charge in [-0.1, -0.05) is 34.6 Å². The molecule has 84 valence electrons. The van der Waals surface area contributed by atoms with Crippen LogP contribution in [-0.2, 0) is 0 Å². The van der Waals surface area contributed by atoms with Crippen LogP contribution >= 0.6 is 0 Å². The van der Waals surface area contributed by atoms with Crippen LogP contribution in [0.2, 0.25) is 0 Å². The minimum Gasteiger partial charge on any atom is -0.304 e. The maximum absolute atomic E-state index is 4.26. The van der Waals surface area contributed by atoms with Gasteiger partial charge in [0.2, 0.25) is 0 Å². The van der Waals surface area contributed by atoms with E-state index in [0.29, 0.717) is 11.8 Å². The van der Waals surface area contributed by atoms with Crippen molar-refractivity contribution < 1.29 is 0 Å². The van der Waals surface area contributed by atoms with E-state index in [1.54, 1.807) is 0 Å². The van der Waals surface area contributed by atoms with Crippen LogP contribution in [-0.4, -0.2) is 11.8 Å². The van der Waals surface area contributed by atoms with Gasteiger partial charge < -0.3 is 5.43 Å². The third-order valence-electron chi connectivity index (χ3n) is 2.70. The normalized spacial score (nSPS) is 16.6. The maximum atomic E-state index is 4.26. The van der Waals surface area contributed by atoms with Crippen molar-refractivity contribution >= 4 is 6.21 Å². The highest BCUT2D eigenvalue weighted by Crippen LogP contribution is 2.24. The molecule has 0 radical (unpaired) electrons. The molecular weight excluding hydrogens is 172 g/mol. The lowest BCUT2D eigenvalue weighted by molar-refractivity contribution is 0.220. The molecule has 1 N–H and O–H groups in total. The Kier molecular flexibility index (Phi) is 5.82. The van der Waals surface area contributed by atoms with E-state index in [4.69, 9.17) is 0 Å². The maximum Gasteiger partial charge on any atom is 0.0546 e. The molecule has 0 fully saturated rings. The summed E-state index contributed by atoms with van der Waals surface area (Å²) in [5.74, 6) is 1.30. The molecule has 0 bridgehead atoms. The number of hydrogen-bond donors (Lipinski definition) is 1. The third-order valence-corrected chi connectivity index (χ3v) is 2.70. The Bertz CT molecular complexity index is 173. The molecule has 0 aliphatic rings. The molecule has 0 rings (SSSR count). The monoisotopic (exact) mass is 198 g/mol. The second kappa shape index (κ2) is 6.05. The predicted octanol–water partition coefficient (Wildman–Crippen LogP) is 3.43. The van der Waals surface area contributed by atoms with Crippen molar-refractivity contribution in [3.05, 3.63) is 0 Å². The summed E-state index contributed by atoms with van der Waals surface area (Å²) in [5.41, 5.74) is 3.42. The molecule has 2 heteroatoms. The molecule has 0 saturated carbocycles. The van der Waals surface area contributed by atoms with Gasteiger partial charge in [0, 0.05) is 6.21 Å². The molecule has 0 aromatic rings. The van der Waals surface area contributed by atoms with Gasteiger partial charge in [-0.2, -0.15) is 5.10 Å². The quantitative estimate of drug-likeness (QED) is 0.513. The minimum atomic E-state index is 0.125. The molecule has 1 unspecified atom stereocenters. The van der Waals surface area contributed by atoms with E-state index < -0.39 is 0 Å². The van der Waals surface area contributed by atoms with E-state index >= 15 is 0 Å². The molecule has 0 heterocycles. The summed E-state index contributed by atoms with van der Waals surface area (Å²) in [6, 6.07) is 0. The lowest BCUT2D eigenvalue weighted by Crippen LogP contribution is -2.45. The van der Waals surface area contributed by atoms with E-state index in [-0.39, 0.29) is 5.54 Å². The zero-order valence-corrected chi connectivity index (χ0v) is 10.6. The molecule has 0 aromatic carbocycles. The first kappa shape index (κ1) is 13.5. The Morgan fingerprint density at radius 1 is 1.29 bits per heavy atom. The Labute approximate surface area is 89.2 Å². The van der Waals surface area contributed by atoms with Crippen LogP contribution in [0.25, 0.3) is 0 Å². The highest BCUT2D eigenvalue weighted by molar-refractivity contribution is 5.56. The fourth-order valence-corrected chi connectivity index (χ4v) is 1.54. The highest BCUT2D eigenvalue weighted by atomic mass is 15.3. The summed E-state index contributed by atoms with van der Waals surface area (Å²) in [6.45, 7) is 13.4. The topological polar surface area (TPSA) is 24.4 Å². The van der Waals surface area contributed by atoms with Gasteiger partial charge in [0.1, 0.15) is 0 Å². The predicted molar refractivity (Wildman–Crippen MR) is 64.6 cm³/mol. The van der Waals surface area contributed by atoms with Gasteiger partial charge in [-0.25, -0.2) is 0 Å². The fraction of sp³-hybridized carbons (Fsp3) is 0.917. The van der Waals surface area contributed by atoms with E-state index in [0.717, 1.165) is 12.8 Å². The summed E-state index contributed by atoms with van der Waals surface area (Å²) < 4.78 is 0. The van der Waals surface area contributed by atoms with Crippen molar-refractivity contribution in [2.45, 2.75) is 59.9 Å². The average Bonchev–Trinajstić information content (AvgIpc) is 2.03. The fourth-order valence-electron chi connectivity index (χ4n) is 1.54. The van der Waals surface area contributed by atoms with Crippen LogP contribution in [0.3, 0.4) is 0 Å². The standard InChI is InChI=1S/C12H26N2/c1-7-8-13-14-12(6,11(4)5)9-10(2)3/h8,10-11,14H,7,9H2,1-6H3/b13-8-. The first-order valence-electron chi connectivity index (χ1n) is 5.71. The summed E-state index contributed by atoms with van der Waals surface area (Å²) in [5, 5.41) is 4.26. The van der Waals surface area contributed by atoms with Crippen LogP contribution in [0, 0.1) is 11.8 Å². The largest absolute Gasteiger partial charge is 0.304 e. The summed E-state index contributed by atoms with van der Waals surface area (Å²) in [4.78, 5) is 0. The number of rotatable bonds is 6. The zero-order chi connectivity index (χ0) is 11.2. The number of hydrazone groups is 1. The zero-order valence-electron chi connectivity index (χ0n) is 10.6. The number of nitrogens with zero attached hydrogens (tertiary/aromatic N) is 1. The van der Waals surface area contributed by atoms with E-state index in [9.17, 15) is 0 Å². The van der Waals surface area contributed by atoms with Crippen molar-refractivity contribution in [3.63, 3.8) is 0 Å². The van der Waals surface area contributed by atoms with Crippen molar-refractivity contribution in [2.75, 3.05) is 0 Å². The summed E-state index contributed by atoms with van der Waals surface area (Å²) in [7, 11) is 0. The third kappa shape index (κ3) is 4.64. The molecule has 0 saturated heterocycles. The minimum absolute atomic E-state index is 0.125. The van der Waals surface area contributed by atoms with E-state index in [2.05, 4.69) is 52.1 Å². The van der Waals surface area contributed by atoms with Gasteiger partial charge in [0.15, 0.2) is 0 Å². The molecule has 0 amide bonds. The lowest BCUT2D eigenvalue weighted by atomic mass is 9.82. The Balaban J connectivity index is 4.31. The molecule has 2 nitrogen and oxygen atoms in total. The van der Waals surface area contributed by atoms with Crippen LogP contribution in [0.1, 0.15) is 54.4 Å². The molecule has 0 aliphatic heterocycles. The van der Waals surface area contributed by atoms with Gasteiger partial charge in [-0.3, -0.25) is 0 Å². The van der Waals surface area contributed by atoms with Gasteiger partial charge in [0.05, 0.1) is 5.54 Å². The first-order valence-corrected chi connectivity index (χ1v) is 5.71. The van der Waals surface area contributed by atoms with Crippen LogP contribution < -0.4 is 5.43 Å². The smallest absolute Gasteiger partial charge is 0.0546 e.